The average Bonchev–Trinajstić information content (AvgIpc) is 2.75. The van der Waals surface area contributed by atoms with E-state index in [1.165, 1.54) is 18.2 Å². The van der Waals surface area contributed by atoms with Gasteiger partial charge in [0.2, 0.25) is 0 Å². The molecule has 3 aromatic carbocycles. The largest absolute Gasteiger partial charge is 1.00 e. The third-order valence-electron chi connectivity index (χ3n) is 4.83. The van der Waals surface area contributed by atoms with Crippen LogP contribution < -0.4 is 118 Å². The molecule has 0 radical (unpaired) electrons. The molecule has 36 heavy (non-hydrogen) atoms. The van der Waals surface area contributed by atoms with Crippen molar-refractivity contribution in [2.75, 3.05) is 17.2 Å². The SMILES string of the molecule is CCCCCOc1ccc(NC(=S)Nc2ccc3cc(S(=O)(=O)[O-])cc(S(=O)(=O)[O-])c3c2)cc1.[K+].[K+]. The number of rotatable bonds is 9. The van der Waals surface area contributed by atoms with Gasteiger partial charge in [-0.3, -0.25) is 0 Å². The number of nitrogens with one attached hydrogen (secondary N) is 2. The zero-order chi connectivity index (χ0) is 24.9. The predicted molar refractivity (Wildman–Crippen MR) is 131 cm³/mol. The quantitative estimate of drug-likeness (QED) is 0.123. The summed E-state index contributed by atoms with van der Waals surface area (Å²) >= 11 is 5.29. The molecule has 0 heterocycles. The number of benzene rings is 3. The van der Waals surface area contributed by atoms with Gasteiger partial charge in [-0.1, -0.05) is 25.8 Å². The van der Waals surface area contributed by atoms with Crippen LogP contribution in [0.2, 0.25) is 0 Å². The van der Waals surface area contributed by atoms with Crippen molar-refractivity contribution in [2.45, 2.75) is 36.0 Å². The van der Waals surface area contributed by atoms with Crippen LogP contribution in [0.4, 0.5) is 11.4 Å². The summed E-state index contributed by atoms with van der Waals surface area (Å²) in [7, 11) is -10.0. The van der Waals surface area contributed by atoms with E-state index in [4.69, 9.17) is 17.0 Å². The van der Waals surface area contributed by atoms with Crippen LogP contribution in [-0.4, -0.2) is 37.7 Å². The molecule has 2 N–H and O–H groups in total. The summed E-state index contributed by atoms with van der Waals surface area (Å²) in [5.74, 6) is 0.737. The van der Waals surface area contributed by atoms with Crippen molar-refractivity contribution in [3.63, 3.8) is 0 Å². The van der Waals surface area contributed by atoms with Crippen molar-refractivity contribution in [3.05, 3.63) is 54.6 Å². The zero-order valence-corrected chi connectivity index (χ0v) is 28.8. The molecule has 0 aromatic heterocycles. The van der Waals surface area contributed by atoms with E-state index < -0.39 is 30.0 Å². The van der Waals surface area contributed by atoms with E-state index in [1.807, 2.05) is 0 Å². The molecular weight excluding hydrogens is 579 g/mol. The minimum absolute atomic E-state index is 0. The van der Waals surface area contributed by atoms with Gasteiger partial charge >= 0.3 is 103 Å². The second-order valence-corrected chi connectivity index (χ2v) is 10.6. The normalized spacial score (nSPS) is 11.2. The Balaban J connectivity index is 0.00000324. The molecule has 0 aliphatic heterocycles. The van der Waals surface area contributed by atoms with Gasteiger partial charge in [0.15, 0.2) is 5.11 Å². The Hall–Kier alpha value is 0.503. The predicted octanol–water partition coefficient (Wildman–Crippen LogP) is -1.97. The van der Waals surface area contributed by atoms with Crippen LogP contribution in [0.3, 0.4) is 0 Å². The molecular formula is C22H22K2N2O7S3. The Morgan fingerprint density at radius 1 is 0.861 bits per heavy atom. The molecule has 0 saturated heterocycles. The van der Waals surface area contributed by atoms with E-state index in [0.717, 1.165) is 31.1 Å². The fraction of sp³-hybridized carbons (Fsp3) is 0.227. The molecule has 0 bridgehead atoms. The van der Waals surface area contributed by atoms with Gasteiger partial charge in [0.25, 0.3) is 0 Å². The maximum absolute atomic E-state index is 11.7. The Kier molecular flexibility index (Phi) is 14.7. The van der Waals surface area contributed by atoms with E-state index in [1.54, 1.807) is 24.3 Å². The summed E-state index contributed by atoms with van der Waals surface area (Å²) in [5, 5.41) is 6.12. The van der Waals surface area contributed by atoms with Crippen molar-refractivity contribution in [1.29, 1.82) is 0 Å². The third kappa shape index (κ3) is 10.2. The second-order valence-electron chi connectivity index (χ2n) is 7.42. The Morgan fingerprint density at radius 2 is 1.47 bits per heavy atom. The van der Waals surface area contributed by atoms with Crippen molar-refractivity contribution in [1.82, 2.24) is 0 Å². The van der Waals surface area contributed by atoms with Crippen LogP contribution in [-0.2, 0) is 20.2 Å². The first-order valence-corrected chi connectivity index (χ1v) is 13.5. The van der Waals surface area contributed by atoms with Crippen LogP contribution in [0.5, 0.6) is 5.75 Å². The van der Waals surface area contributed by atoms with Gasteiger partial charge in [0.1, 0.15) is 26.0 Å². The van der Waals surface area contributed by atoms with Crippen molar-refractivity contribution in [2.24, 2.45) is 0 Å². The summed E-state index contributed by atoms with van der Waals surface area (Å²) in [6.07, 6.45) is 3.21. The third-order valence-corrected chi connectivity index (χ3v) is 6.73. The molecule has 182 valence electrons. The number of hydrogen-bond donors (Lipinski definition) is 2. The van der Waals surface area contributed by atoms with E-state index >= 15 is 0 Å². The smallest absolute Gasteiger partial charge is 0.744 e. The Labute approximate surface area is 301 Å². The maximum atomic E-state index is 11.7. The first-order chi connectivity index (χ1) is 16.0. The minimum Gasteiger partial charge on any atom is -0.744 e. The first-order valence-electron chi connectivity index (χ1n) is 10.3. The number of ether oxygens (including phenoxy) is 1. The van der Waals surface area contributed by atoms with Gasteiger partial charge in [-0.25, -0.2) is 16.8 Å². The molecule has 3 aromatic rings. The summed E-state index contributed by atoms with van der Waals surface area (Å²) in [4.78, 5) is -1.61. The van der Waals surface area contributed by atoms with Gasteiger partial charge in [-0.2, -0.15) is 0 Å². The zero-order valence-electron chi connectivity index (χ0n) is 20.1. The number of fused-ring (bicyclic) bond motifs is 1. The fourth-order valence-corrected chi connectivity index (χ4v) is 4.76. The van der Waals surface area contributed by atoms with Crippen molar-refractivity contribution < 1.29 is 133 Å². The van der Waals surface area contributed by atoms with Crippen molar-refractivity contribution >= 4 is 59.7 Å². The molecule has 9 nitrogen and oxygen atoms in total. The molecule has 3 rings (SSSR count). The summed E-state index contributed by atoms with van der Waals surface area (Å²) < 4.78 is 74.8. The minimum atomic E-state index is -5.06. The summed E-state index contributed by atoms with van der Waals surface area (Å²) in [6, 6.07) is 13.0. The monoisotopic (exact) mass is 600 g/mol. The molecule has 0 aliphatic rings. The molecule has 0 unspecified atom stereocenters. The molecule has 0 amide bonds. The average molecular weight is 601 g/mol. The van der Waals surface area contributed by atoms with Gasteiger partial charge in [-0.05, 0) is 72.6 Å². The number of unbranched alkanes of at least 4 members (excludes halogenated alkanes) is 2. The first kappa shape index (κ1) is 34.5. The topological polar surface area (TPSA) is 148 Å². The van der Waals surface area contributed by atoms with Crippen LogP contribution in [0, 0.1) is 0 Å². The number of hydrogen-bond acceptors (Lipinski definition) is 8. The van der Waals surface area contributed by atoms with Gasteiger partial charge in [0, 0.05) is 16.8 Å². The van der Waals surface area contributed by atoms with Gasteiger partial charge < -0.3 is 24.5 Å². The van der Waals surface area contributed by atoms with Crippen molar-refractivity contribution in [3.8, 4) is 5.75 Å². The second kappa shape index (κ2) is 15.3. The van der Waals surface area contributed by atoms with Crippen LogP contribution in [0.15, 0.2) is 64.4 Å². The van der Waals surface area contributed by atoms with E-state index in [0.29, 0.717) is 24.0 Å². The number of thiocarbonyl (C=S) groups is 1. The molecule has 0 aliphatic carbocycles. The maximum Gasteiger partial charge on any atom is 1.00 e. The van der Waals surface area contributed by atoms with Crippen LogP contribution >= 0.6 is 12.2 Å². The molecule has 0 saturated carbocycles. The number of anilines is 2. The molecule has 0 atom stereocenters. The van der Waals surface area contributed by atoms with Crippen LogP contribution in [0.1, 0.15) is 26.2 Å². The fourth-order valence-electron chi connectivity index (χ4n) is 3.20. The Morgan fingerprint density at radius 3 is 2.06 bits per heavy atom. The van der Waals surface area contributed by atoms with E-state index in [2.05, 4.69) is 17.6 Å². The summed E-state index contributed by atoms with van der Waals surface area (Å²) in [5.41, 5.74) is 1.04. The standard InChI is InChI=1S/C22H24N2O7S3.2K/c1-2-3-4-11-31-18-9-7-16(8-10-18)23-22(32)24-17-6-5-15-12-19(33(25,26)27)14-21(20(15)13-17)34(28,29)30;;/h5-10,12-14H,2-4,11H2,1H3,(H2,23,24,32)(H,25,26,27)(H,28,29,30);;/q;2*+1/p-2. The molecule has 0 spiro atoms. The van der Waals surface area contributed by atoms with E-state index in [-0.39, 0.29) is 119 Å². The molecule has 14 heteroatoms. The van der Waals surface area contributed by atoms with Gasteiger partial charge in [0.05, 0.1) is 16.4 Å². The summed E-state index contributed by atoms with van der Waals surface area (Å²) in [6.45, 7) is 2.77. The van der Waals surface area contributed by atoms with E-state index in [9.17, 15) is 25.9 Å². The van der Waals surface area contributed by atoms with Gasteiger partial charge in [-0.15, -0.1) is 0 Å². The van der Waals surface area contributed by atoms with Crippen LogP contribution in [0.25, 0.3) is 10.8 Å². The Bertz CT molecular complexity index is 1420. The molecule has 0 fully saturated rings.